The summed E-state index contributed by atoms with van der Waals surface area (Å²) in [6, 6.07) is 0. The molecule has 0 bridgehead atoms. The molecule has 2 rings (SSSR count). The number of rotatable bonds is 1. The van der Waals surface area contributed by atoms with E-state index in [1.54, 1.807) is 0 Å². The van der Waals surface area contributed by atoms with Gasteiger partial charge in [0, 0.05) is 5.41 Å². The normalized spacial score (nSPS) is 43.2. The Kier molecular flexibility index (Phi) is 1.13. The van der Waals surface area contributed by atoms with Crippen LogP contribution in [-0.2, 0) is 4.79 Å². The summed E-state index contributed by atoms with van der Waals surface area (Å²) in [5.74, 6) is 1.69. The summed E-state index contributed by atoms with van der Waals surface area (Å²) in [7, 11) is 0. The first kappa shape index (κ1) is 7.33. The first-order chi connectivity index (χ1) is 4.99. The van der Waals surface area contributed by atoms with Gasteiger partial charge in [-0.05, 0) is 30.1 Å². The van der Waals surface area contributed by atoms with Crippen LogP contribution in [0.15, 0.2) is 0 Å². The molecule has 0 aromatic rings. The summed E-state index contributed by atoms with van der Waals surface area (Å²) in [5.41, 5.74) is 0.591. The van der Waals surface area contributed by atoms with E-state index in [9.17, 15) is 4.79 Å². The van der Waals surface area contributed by atoms with E-state index in [-0.39, 0.29) is 5.41 Å². The van der Waals surface area contributed by atoms with E-state index in [0.29, 0.717) is 5.41 Å². The van der Waals surface area contributed by atoms with Crippen LogP contribution in [0.3, 0.4) is 0 Å². The highest BCUT2D eigenvalue weighted by Gasteiger charge is 2.64. The molecule has 2 aliphatic rings. The molecule has 0 heterocycles. The van der Waals surface area contributed by atoms with E-state index in [0.717, 1.165) is 31.0 Å². The van der Waals surface area contributed by atoms with E-state index in [1.165, 1.54) is 0 Å². The van der Waals surface area contributed by atoms with Crippen LogP contribution in [0.25, 0.3) is 0 Å². The van der Waals surface area contributed by atoms with Gasteiger partial charge >= 0.3 is 0 Å². The summed E-state index contributed by atoms with van der Waals surface area (Å²) in [6.07, 6.45) is 3.43. The first-order valence-electron chi connectivity index (χ1n) is 4.46. The van der Waals surface area contributed by atoms with Crippen molar-refractivity contribution in [1.29, 1.82) is 0 Å². The first-order valence-corrected chi connectivity index (χ1v) is 4.46. The van der Waals surface area contributed by atoms with Crippen molar-refractivity contribution < 1.29 is 4.79 Å². The highest BCUT2D eigenvalue weighted by Crippen LogP contribution is 2.70. The summed E-state index contributed by atoms with van der Waals surface area (Å²) in [5, 5.41) is 0. The molecule has 2 saturated carbocycles. The summed E-state index contributed by atoms with van der Waals surface area (Å²) >= 11 is 0. The van der Waals surface area contributed by atoms with Gasteiger partial charge < -0.3 is 4.79 Å². The van der Waals surface area contributed by atoms with Gasteiger partial charge in [-0.3, -0.25) is 0 Å². The summed E-state index contributed by atoms with van der Waals surface area (Å²) in [4.78, 5) is 10.7. The third-order valence-corrected chi connectivity index (χ3v) is 3.94. The predicted octanol–water partition coefficient (Wildman–Crippen LogP) is 2.26. The minimum Gasteiger partial charge on any atom is -0.303 e. The fourth-order valence-electron chi connectivity index (χ4n) is 2.85. The van der Waals surface area contributed by atoms with Crippen molar-refractivity contribution in [3.63, 3.8) is 0 Å². The second kappa shape index (κ2) is 1.70. The van der Waals surface area contributed by atoms with E-state index in [1.807, 2.05) is 0 Å². The van der Waals surface area contributed by atoms with Gasteiger partial charge in [-0.25, -0.2) is 0 Å². The quantitative estimate of drug-likeness (QED) is 0.527. The molecule has 0 aliphatic heterocycles. The number of hydrogen-bond donors (Lipinski definition) is 0. The molecule has 11 heavy (non-hydrogen) atoms. The van der Waals surface area contributed by atoms with Gasteiger partial charge in [-0.15, -0.1) is 0 Å². The maximum Gasteiger partial charge on any atom is 0.125 e. The molecule has 0 amide bonds. The van der Waals surface area contributed by atoms with Crippen molar-refractivity contribution >= 4 is 6.29 Å². The van der Waals surface area contributed by atoms with E-state index in [4.69, 9.17) is 0 Å². The van der Waals surface area contributed by atoms with Gasteiger partial charge in [0.05, 0.1) is 0 Å². The smallest absolute Gasteiger partial charge is 0.125 e. The predicted molar refractivity (Wildman–Crippen MR) is 44.2 cm³/mol. The minimum atomic E-state index is 0.0326. The lowest BCUT2D eigenvalue weighted by molar-refractivity contribution is -0.115. The van der Waals surface area contributed by atoms with Gasteiger partial charge in [0.2, 0.25) is 0 Å². The Morgan fingerprint density at radius 2 is 1.64 bits per heavy atom. The molecular weight excluding hydrogens is 136 g/mol. The van der Waals surface area contributed by atoms with Crippen molar-refractivity contribution in [2.45, 2.75) is 33.6 Å². The number of hydrogen-bond acceptors (Lipinski definition) is 1. The number of carbonyl (C=O) groups excluding carboxylic acids is 1. The zero-order valence-electron chi connectivity index (χ0n) is 7.55. The van der Waals surface area contributed by atoms with Gasteiger partial charge in [0.1, 0.15) is 6.29 Å². The van der Waals surface area contributed by atoms with Crippen molar-refractivity contribution in [3.8, 4) is 0 Å². The van der Waals surface area contributed by atoms with E-state index < -0.39 is 0 Å². The van der Waals surface area contributed by atoms with Gasteiger partial charge in [0.25, 0.3) is 0 Å². The largest absolute Gasteiger partial charge is 0.303 e. The topological polar surface area (TPSA) is 17.1 Å². The lowest BCUT2D eigenvalue weighted by atomic mass is 9.82. The second-order valence-corrected chi connectivity index (χ2v) is 5.21. The summed E-state index contributed by atoms with van der Waals surface area (Å²) in [6.45, 7) is 6.75. The van der Waals surface area contributed by atoms with Crippen molar-refractivity contribution in [1.82, 2.24) is 0 Å². The SMILES string of the molecule is CC1(C=O)C[C@H]2[C@H](C1)C2(C)C. The summed E-state index contributed by atoms with van der Waals surface area (Å²) < 4.78 is 0. The van der Waals surface area contributed by atoms with Crippen LogP contribution < -0.4 is 0 Å². The zero-order chi connectivity index (χ0) is 8.28. The van der Waals surface area contributed by atoms with Crippen LogP contribution in [0.5, 0.6) is 0 Å². The highest BCUT2D eigenvalue weighted by molar-refractivity contribution is 5.60. The van der Waals surface area contributed by atoms with Crippen LogP contribution in [0, 0.1) is 22.7 Å². The molecule has 2 aliphatic carbocycles. The van der Waals surface area contributed by atoms with Gasteiger partial charge in [-0.2, -0.15) is 0 Å². The Labute approximate surface area is 68.2 Å². The fraction of sp³-hybridized carbons (Fsp3) is 0.900. The van der Waals surface area contributed by atoms with Crippen molar-refractivity contribution in [2.75, 3.05) is 0 Å². The van der Waals surface area contributed by atoms with Crippen LogP contribution >= 0.6 is 0 Å². The zero-order valence-corrected chi connectivity index (χ0v) is 7.55. The van der Waals surface area contributed by atoms with E-state index >= 15 is 0 Å². The molecule has 0 spiro atoms. The minimum absolute atomic E-state index is 0.0326. The highest BCUT2D eigenvalue weighted by atomic mass is 16.1. The molecule has 2 fully saturated rings. The molecule has 0 saturated heterocycles. The molecule has 62 valence electrons. The molecule has 1 nitrogen and oxygen atoms in total. The molecule has 0 aromatic carbocycles. The molecule has 0 N–H and O–H groups in total. The molecule has 0 radical (unpaired) electrons. The average molecular weight is 152 g/mol. The van der Waals surface area contributed by atoms with Crippen molar-refractivity contribution in [3.05, 3.63) is 0 Å². The monoisotopic (exact) mass is 152 g/mol. The van der Waals surface area contributed by atoms with Gasteiger partial charge in [-0.1, -0.05) is 20.8 Å². The average Bonchev–Trinajstić information content (AvgIpc) is 2.31. The van der Waals surface area contributed by atoms with Crippen LogP contribution in [0.2, 0.25) is 0 Å². The fourth-order valence-corrected chi connectivity index (χ4v) is 2.85. The van der Waals surface area contributed by atoms with Crippen LogP contribution in [0.1, 0.15) is 33.6 Å². The lowest BCUT2D eigenvalue weighted by Gasteiger charge is -2.21. The second-order valence-electron chi connectivity index (χ2n) is 5.21. The van der Waals surface area contributed by atoms with Crippen molar-refractivity contribution in [2.24, 2.45) is 22.7 Å². The Bertz CT molecular complexity index is 191. The maximum atomic E-state index is 10.7. The third kappa shape index (κ3) is 0.800. The van der Waals surface area contributed by atoms with E-state index in [2.05, 4.69) is 20.8 Å². The molecule has 1 heteroatoms. The maximum absolute atomic E-state index is 10.7. The Hall–Kier alpha value is -0.330. The third-order valence-electron chi connectivity index (χ3n) is 3.94. The molecular formula is C10H16O. The Balaban J connectivity index is 2.10. The Morgan fingerprint density at radius 3 is 2.00 bits per heavy atom. The number of fused-ring (bicyclic) bond motifs is 1. The Morgan fingerprint density at radius 1 is 1.18 bits per heavy atom. The van der Waals surface area contributed by atoms with Gasteiger partial charge in [0.15, 0.2) is 0 Å². The molecule has 0 aromatic heterocycles. The molecule has 0 unspecified atom stereocenters. The standard InChI is InChI=1S/C10H16O/c1-9(2)7-4-10(3,6-11)5-8(7)9/h6-8H,4-5H2,1-3H3/t7-,8-/m0/s1. The molecule has 2 atom stereocenters. The number of carbonyl (C=O) groups is 1. The number of aldehydes is 1. The van der Waals surface area contributed by atoms with Crippen LogP contribution in [-0.4, -0.2) is 6.29 Å². The van der Waals surface area contributed by atoms with Crippen LogP contribution in [0.4, 0.5) is 0 Å². The lowest BCUT2D eigenvalue weighted by Crippen LogP contribution is -2.18.